The molecular weight excluding hydrogens is 472 g/mol. The number of carbonyl (C=O) groups excluding carboxylic acids is 1. The number of unbranched alkanes of at least 4 members (excludes halogenated alkanes) is 8. The summed E-state index contributed by atoms with van der Waals surface area (Å²) >= 11 is 0. The molecule has 2 N–H and O–H groups in total. The van der Waals surface area contributed by atoms with Crippen molar-refractivity contribution in [3.05, 3.63) is 58.7 Å². The average molecular weight is 511 g/mol. The summed E-state index contributed by atoms with van der Waals surface area (Å²) in [6.45, 7) is 4.32. The van der Waals surface area contributed by atoms with Crippen LogP contribution in [0.2, 0.25) is 0 Å². The number of benzene rings is 2. The third-order valence-electron chi connectivity index (χ3n) is 5.72. The quantitative estimate of drug-likeness (QED) is 0.277. The predicted octanol–water partition coefficient (Wildman–Crippen LogP) is 4.86. The Morgan fingerprint density at radius 2 is 1.23 bits per heavy atom. The van der Waals surface area contributed by atoms with Crippen LogP contribution in [0.4, 0.5) is 0 Å². The number of rotatable bonds is 14. The molecule has 2 aromatic rings. The van der Waals surface area contributed by atoms with Gasteiger partial charge in [-0.15, -0.1) is 5.75 Å². The molecule has 6 nitrogen and oxygen atoms in total. The van der Waals surface area contributed by atoms with Gasteiger partial charge >= 0.3 is 43.7 Å². The maximum atomic E-state index is 11.1. The minimum absolute atomic E-state index is 0. The first kappa shape index (κ1) is 33.2. The maximum Gasteiger partial charge on any atom is 2.00 e. The summed E-state index contributed by atoms with van der Waals surface area (Å²) in [4.78, 5) is 21.9. The summed E-state index contributed by atoms with van der Waals surface area (Å²) in [7, 11) is 0. The van der Waals surface area contributed by atoms with Gasteiger partial charge in [-0.2, -0.15) is 0 Å². The van der Waals surface area contributed by atoms with E-state index in [-0.39, 0.29) is 60.4 Å². The van der Waals surface area contributed by atoms with E-state index in [0.29, 0.717) is 12.0 Å². The second-order valence-corrected chi connectivity index (χ2v) is 8.58. The van der Waals surface area contributed by atoms with Crippen molar-refractivity contribution in [3.8, 4) is 11.5 Å². The first-order valence-electron chi connectivity index (χ1n) is 12.4. The molecular formula is C28H38CaO6. The molecule has 0 atom stereocenters. The molecule has 7 heteroatoms. The van der Waals surface area contributed by atoms with Gasteiger partial charge in [-0.05, 0) is 54.5 Å². The fraction of sp³-hybridized carbons (Fsp3) is 0.500. The number of aromatic hydroxyl groups is 1. The number of hydrogen-bond acceptors (Lipinski definition) is 5. The Morgan fingerprint density at radius 3 is 1.71 bits per heavy atom. The second kappa shape index (κ2) is 19.4. The molecule has 0 aliphatic heterocycles. The van der Waals surface area contributed by atoms with Gasteiger partial charge in [-0.1, -0.05) is 89.5 Å². The number of phenols is 1. The molecule has 0 radical (unpaired) electrons. The Kier molecular flexibility index (Phi) is 18.5. The monoisotopic (exact) mass is 510 g/mol. The van der Waals surface area contributed by atoms with E-state index in [1.54, 1.807) is 18.2 Å². The maximum absolute atomic E-state index is 11.1. The fourth-order valence-electron chi connectivity index (χ4n) is 3.78. The van der Waals surface area contributed by atoms with Crippen LogP contribution in [0.15, 0.2) is 36.4 Å². The van der Waals surface area contributed by atoms with E-state index in [1.807, 2.05) is 0 Å². The van der Waals surface area contributed by atoms with Crippen molar-refractivity contribution >= 4 is 49.7 Å². The Morgan fingerprint density at radius 1 is 0.743 bits per heavy atom. The summed E-state index contributed by atoms with van der Waals surface area (Å²) < 4.78 is 0. The summed E-state index contributed by atoms with van der Waals surface area (Å²) in [6, 6.07) is 8.74. The molecule has 0 bridgehead atoms. The molecule has 0 fully saturated rings. The number of carbonyl (C=O) groups is 2. The van der Waals surface area contributed by atoms with Crippen LogP contribution >= 0.6 is 0 Å². The predicted molar refractivity (Wildman–Crippen MR) is 136 cm³/mol. The van der Waals surface area contributed by atoms with E-state index >= 15 is 0 Å². The van der Waals surface area contributed by atoms with Crippen LogP contribution in [-0.2, 0) is 12.8 Å². The first-order chi connectivity index (χ1) is 16.3. The molecule has 0 aliphatic carbocycles. The molecule has 0 spiro atoms. The summed E-state index contributed by atoms with van der Waals surface area (Å²) in [6.07, 6.45) is 12.9. The van der Waals surface area contributed by atoms with Gasteiger partial charge in [0, 0.05) is 0 Å². The fourth-order valence-corrected chi connectivity index (χ4v) is 3.78. The average Bonchev–Trinajstić information content (AvgIpc) is 2.80. The molecule has 0 saturated carbocycles. The topological polar surface area (TPSA) is 121 Å². The minimum Gasteiger partial charge on any atom is -0.872 e. The van der Waals surface area contributed by atoms with Gasteiger partial charge in [-0.25, -0.2) is 4.79 Å². The van der Waals surface area contributed by atoms with E-state index in [9.17, 15) is 24.9 Å². The third kappa shape index (κ3) is 13.8. The molecule has 0 heterocycles. The van der Waals surface area contributed by atoms with Crippen LogP contribution in [0, 0.1) is 0 Å². The van der Waals surface area contributed by atoms with Crippen molar-refractivity contribution in [3.63, 3.8) is 0 Å². The van der Waals surface area contributed by atoms with E-state index < -0.39 is 11.9 Å². The van der Waals surface area contributed by atoms with Crippen LogP contribution in [0.5, 0.6) is 11.5 Å². The number of hydrogen-bond donors (Lipinski definition) is 2. The Balaban J connectivity index is 0.000000642. The zero-order valence-electron chi connectivity index (χ0n) is 21.2. The first-order valence-corrected chi connectivity index (χ1v) is 12.4. The van der Waals surface area contributed by atoms with Crippen molar-refractivity contribution in [1.29, 1.82) is 0 Å². The van der Waals surface area contributed by atoms with Gasteiger partial charge in [0.25, 0.3) is 0 Å². The molecule has 0 aromatic heterocycles. The number of carboxylic acids is 2. The number of aromatic carboxylic acids is 2. The van der Waals surface area contributed by atoms with Gasteiger partial charge in [-0.3, -0.25) is 0 Å². The van der Waals surface area contributed by atoms with Crippen molar-refractivity contribution in [1.82, 2.24) is 0 Å². The van der Waals surface area contributed by atoms with Crippen LogP contribution in [0.1, 0.15) is 110 Å². The standard InChI is InChI=1S/2C14H20O3.Ca/c2*1-2-3-4-5-6-7-11-8-9-12(15)10-13(11)14(16)17;/h2*8-10,15H,2-7H2,1H3,(H,16,17);/q;;+2/p-2. The van der Waals surface area contributed by atoms with Crippen LogP contribution < -0.4 is 10.2 Å². The van der Waals surface area contributed by atoms with E-state index in [0.717, 1.165) is 43.7 Å². The van der Waals surface area contributed by atoms with E-state index in [2.05, 4.69) is 13.8 Å². The molecule has 0 unspecified atom stereocenters. The van der Waals surface area contributed by atoms with Crippen LogP contribution in [-0.4, -0.2) is 59.9 Å². The second-order valence-electron chi connectivity index (χ2n) is 8.58. The summed E-state index contributed by atoms with van der Waals surface area (Å²) in [5, 5.41) is 40.2. The Bertz CT molecular complexity index is 824. The molecule has 2 rings (SSSR count). The normalized spacial score (nSPS) is 10.1. The number of phenolic OH excluding ortho intramolecular Hbond substituents is 1. The van der Waals surface area contributed by atoms with Crippen molar-refractivity contribution in [2.45, 2.75) is 90.9 Å². The third-order valence-corrected chi connectivity index (χ3v) is 5.72. The molecule has 2 aromatic carbocycles. The van der Waals surface area contributed by atoms with Gasteiger partial charge in [0.2, 0.25) is 0 Å². The molecule has 188 valence electrons. The number of carboxylic acid groups (broad SMARTS) is 2. The van der Waals surface area contributed by atoms with Crippen LogP contribution in [0.3, 0.4) is 0 Å². The van der Waals surface area contributed by atoms with Gasteiger partial charge in [0.05, 0.1) is 11.5 Å². The molecule has 0 amide bonds. The van der Waals surface area contributed by atoms with Gasteiger partial charge < -0.3 is 25.2 Å². The van der Waals surface area contributed by atoms with E-state index in [4.69, 9.17) is 5.11 Å². The zero-order chi connectivity index (χ0) is 25.3. The minimum atomic E-state index is -1.26. The number of aryl methyl sites for hydroxylation is 2. The zero-order valence-corrected chi connectivity index (χ0v) is 23.4. The Labute approximate surface area is 239 Å². The Hall–Kier alpha value is -1.76. The van der Waals surface area contributed by atoms with Crippen LogP contribution in [0.25, 0.3) is 0 Å². The molecule has 0 aliphatic rings. The van der Waals surface area contributed by atoms with E-state index in [1.165, 1.54) is 50.7 Å². The summed E-state index contributed by atoms with van der Waals surface area (Å²) in [5.41, 5.74) is 1.79. The van der Waals surface area contributed by atoms with Crippen molar-refractivity contribution in [2.24, 2.45) is 0 Å². The summed E-state index contributed by atoms with van der Waals surface area (Å²) in [5.74, 6) is -2.49. The SMILES string of the molecule is CCCCCCCc1ccc(O)cc1C(=O)O.CCCCCCCc1ccc([O-])cc1C(=O)[O-].[Ca+2]. The van der Waals surface area contributed by atoms with Gasteiger partial charge in [0.1, 0.15) is 5.75 Å². The van der Waals surface area contributed by atoms with Crippen molar-refractivity contribution < 1.29 is 30.0 Å². The largest absolute Gasteiger partial charge is 2.00 e. The molecule has 35 heavy (non-hydrogen) atoms. The molecule has 0 saturated heterocycles. The van der Waals surface area contributed by atoms with Crippen molar-refractivity contribution in [2.75, 3.05) is 0 Å². The van der Waals surface area contributed by atoms with Gasteiger partial charge in [0.15, 0.2) is 0 Å². The smallest absolute Gasteiger partial charge is 0.872 e.